The van der Waals surface area contributed by atoms with Crippen molar-refractivity contribution in [2.45, 2.75) is 37.5 Å². The molecule has 0 aliphatic carbocycles. The van der Waals surface area contributed by atoms with E-state index in [4.69, 9.17) is 4.74 Å². The summed E-state index contributed by atoms with van der Waals surface area (Å²) in [4.78, 5) is 14.7. The van der Waals surface area contributed by atoms with Gasteiger partial charge in [0.1, 0.15) is 10.6 Å². The third kappa shape index (κ3) is 3.67. The Bertz CT molecular complexity index is 741. The Morgan fingerprint density at radius 3 is 2.56 bits per heavy atom. The molecule has 0 spiro atoms. The highest BCUT2D eigenvalue weighted by molar-refractivity contribution is 7.89. The van der Waals surface area contributed by atoms with Gasteiger partial charge in [-0.3, -0.25) is 4.79 Å². The van der Waals surface area contributed by atoms with Crippen molar-refractivity contribution in [1.82, 2.24) is 9.21 Å². The molecule has 3 rings (SSSR count). The number of likely N-dealkylation sites (tertiary alicyclic amines) is 1. The maximum absolute atomic E-state index is 13.1. The second-order valence-electron chi connectivity index (χ2n) is 6.89. The lowest BCUT2D eigenvalue weighted by atomic mass is 9.98. The highest BCUT2D eigenvalue weighted by Crippen LogP contribution is 2.31. The van der Waals surface area contributed by atoms with E-state index in [1.54, 1.807) is 12.1 Å². The van der Waals surface area contributed by atoms with Crippen LogP contribution in [0.4, 0.5) is 0 Å². The third-order valence-electron chi connectivity index (χ3n) is 5.09. The van der Waals surface area contributed by atoms with Gasteiger partial charge in [-0.15, -0.1) is 0 Å². The number of aryl methyl sites for hydroxylation is 1. The van der Waals surface area contributed by atoms with Gasteiger partial charge in [-0.25, -0.2) is 8.42 Å². The van der Waals surface area contributed by atoms with Crippen LogP contribution in [0.1, 0.15) is 31.2 Å². The van der Waals surface area contributed by atoms with Gasteiger partial charge in [-0.2, -0.15) is 4.31 Å². The summed E-state index contributed by atoms with van der Waals surface area (Å²) in [5.41, 5.74) is 0.862. The van der Waals surface area contributed by atoms with Crippen molar-refractivity contribution in [1.29, 1.82) is 0 Å². The fourth-order valence-electron chi connectivity index (χ4n) is 3.68. The Kier molecular flexibility index (Phi) is 5.34. The summed E-state index contributed by atoms with van der Waals surface area (Å²) in [6, 6.07) is 5.15. The molecule has 7 heteroatoms. The first-order chi connectivity index (χ1) is 11.9. The molecular weight excluding hydrogens is 340 g/mol. The van der Waals surface area contributed by atoms with Gasteiger partial charge in [0, 0.05) is 26.2 Å². The van der Waals surface area contributed by atoms with E-state index >= 15 is 0 Å². The minimum atomic E-state index is -3.68. The van der Waals surface area contributed by atoms with Gasteiger partial charge in [0.2, 0.25) is 15.9 Å². The normalized spacial score (nSPS) is 22.2. The molecule has 0 saturated carbocycles. The fraction of sp³-hybridized carbons (Fsp3) is 0.611. The van der Waals surface area contributed by atoms with Gasteiger partial charge in [-0.1, -0.05) is 6.07 Å². The minimum absolute atomic E-state index is 0.105. The van der Waals surface area contributed by atoms with E-state index in [9.17, 15) is 13.2 Å². The van der Waals surface area contributed by atoms with Crippen LogP contribution in [0.25, 0.3) is 0 Å². The van der Waals surface area contributed by atoms with Crippen molar-refractivity contribution in [3.05, 3.63) is 23.8 Å². The Hall–Kier alpha value is -1.60. The Labute approximate surface area is 149 Å². The van der Waals surface area contributed by atoms with Gasteiger partial charge in [-0.05, 0) is 50.3 Å². The SMILES string of the molecule is COc1ccc(C)cc1S(=O)(=O)N1CCC[C@@H](C(=O)N2CCCC2)C1. The standard InChI is InChI=1S/C18H26N2O4S/c1-14-7-8-16(24-2)17(12-14)25(22,23)20-11-5-6-15(13-20)18(21)19-9-3-4-10-19/h7-8,12,15H,3-6,9-11,13H2,1-2H3/t15-/m1/s1. The summed E-state index contributed by atoms with van der Waals surface area (Å²) in [5.74, 6) is 0.213. The summed E-state index contributed by atoms with van der Waals surface area (Å²) in [7, 11) is -2.21. The van der Waals surface area contributed by atoms with Crippen molar-refractivity contribution in [2.24, 2.45) is 5.92 Å². The van der Waals surface area contributed by atoms with Gasteiger partial charge < -0.3 is 9.64 Å². The van der Waals surface area contributed by atoms with Crippen LogP contribution in [-0.2, 0) is 14.8 Å². The quantitative estimate of drug-likeness (QED) is 0.818. The lowest BCUT2D eigenvalue weighted by Gasteiger charge is -2.33. The van der Waals surface area contributed by atoms with Crippen molar-refractivity contribution in [3.63, 3.8) is 0 Å². The molecule has 0 unspecified atom stereocenters. The number of sulfonamides is 1. The van der Waals surface area contributed by atoms with E-state index < -0.39 is 10.0 Å². The Morgan fingerprint density at radius 1 is 1.16 bits per heavy atom. The highest BCUT2D eigenvalue weighted by Gasteiger charge is 2.36. The monoisotopic (exact) mass is 366 g/mol. The van der Waals surface area contributed by atoms with Crippen LogP contribution in [0.2, 0.25) is 0 Å². The first-order valence-corrected chi connectivity index (χ1v) is 10.3. The van der Waals surface area contributed by atoms with E-state index in [-0.39, 0.29) is 23.3 Å². The molecule has 2 saturated heterocycles. The molecule has 0 radical (unpaired) electrons. The number of nitrogens with zero attached hydrogens (tertiary/aromatic N) is 2. The summed E-state index contributed by atoms with van der Waals surface area (Å²) < 4.78 is 33.0. The number of methoxy groups -OCH3 is 1. The molecule has 1 aromatic carbocycles. The third-order valence-corrected chi connectivity index (χ3v) is 6.97. The fourth-order valence-corrected chi connectivity index (χ4v) is 5.45. The van der Waals surface area contributed by atoms with Gasteiger partial charge in [0.05, 0.1) is 13.0 Å². The van der Waals surface area contributed by atoms with Crippen molar-refractivity contribution >= 4 is 15.9 Å². The minimum Gasteiger partial charge on any atom is -0.495 e. The number of carbonyl (C=O) groups is 1. The van der Waals surface area contributed by atoms with Crippen LogP contribution >= 0.6 is 0 Å². The number of carbonyl (C=O) groups excluding carboxylic acids is 1. The van der Waals surface area contributed by atoms with Crippen LogP contribution in [0.5, 0.6) is 5.75 Å². The molecule has 2 aliphatic rings. The molecule has 2 heterocycles. The lowest BCUT2D eigenvalue weighted by Crippen LogP contribution is -2.46. The van der Waals surface area contributed by atoms with Crippen LogP contribution in [0, 0.1) is 12.8 Å². The maximum atomic E-state index is 13.1. The van der Waals surface area contributed by atoms with E-state index in [0.29, 0.717) is 18.7 Å². The zero-order valence-corrected chi connectivity index (χ0v) is 15.7. The number of piperidine rings is 1. The summed E-state index contributed by atoms with van der Waals surface area (Å²) in [6.45, 7) is 4.16. The first-order valence-electron chi connectivity index (χ1n) is 8.87. The van der Waals surface area contributed by atoms with Gasteiger partial charge >= 0.3 is 0 Å². The molecule has 2 aliphatic heterocycles. The lowest BCUT2D eigenvalue weighted by molar-refractivity contribution is -0.135. The second-order valence-corrected chi connectivity index (χ2v) is 8.80. The van der Waals surface area contributed by atoms with Gasteiger partial charge in [0.25, 0.3) is 0 Å². The molecule has 2 fully saturated rings. The van der Waals surface area contributed by atoms with Crippen LogP contribution in [-0.4, -0.2) is 56.8 Å². The summed E-state index contributed by atoms with van der Waals surface area (Å²) >= 11 is 0. The Balaban J connectivity index is 1.82. The number of ether oxygens (including phenoxy) is 1. The number of hydrogen-bond acceptors (Lipinski definition) is 4. The number of hydrogen-bond donors (Lipinski definition) is 0. The number of amides is 1. The zero-order chi connectivity index (χ0) is 18.0. The second kappa shape index (κ2) is 7.33. The van der Waals surface area contributed by atoms with Crippen LogP contribution < -0.4 is 4.74 Å². The predicted molar refractivity (Wildman–Crippen MR) is 95.0 cm³/mol. The molecule has 0 aromatic heterocycles. The molecule has 1 amide bonds. The van der Waals surface area contributed by atoms with Crippen molar-refractivity contribution in [3.8, 4) is 5.75 Å². The molecule has 0 bridgehead atoms. The maximum Gasteiger partial charge on any atom is 0.246 e. The molecule has 1 aromatic rings. The van der Waals surface area contributed by atoms with E-state index in [1.807, 2.05) is 17.9 Å². The predicted octanol–water partition coefficient (Wildman–Crippen LogP) is 2.03. The van der Waals surface area contributed by atoms with Crippen molar-refractivity contribution < 1.29 is 17.9 Å². The van der Waals surface area contributed by atoms with Gasteiger partial charge in [0.15, 0.2) is 0 Å². The Morgan fingerprint density at radius 2 is 1.88 bits per heavy atom. The number of rotatable bonds is 4. The molecule has 6 nitrogen and oxygen atoms in total. The van der Waals surface area contributed by atoms with E-state index in [1.165, 1.54) is 11.4 Å². The zero-order valence-electron chi connectivity index (χ0n) is 14.9. The average Bonchev–Trinajstić information content (AvgIpc) is 3.16. The van der Waals surface area contributed by atoms with Crippen LogP contribution in [0.15, 0.2) is 23.1 Å². The smallest absolute Gasteiger partial charge is 0.246 e. The number of benzene rings is 1. The molecule has 0 N–H and O–H groups in total. The molecule has 1 atom stereocenters. The summed E-state index contributed by atoms with van der Waals surface area (Å²) in [5, 5.41) is 0. The molecule has 25 heavy (non-hydrogen) atoms. The van der Waals surface area contributed by atoms with Crippen LogP contribution in [0.3, 0.4) is 0 Å². The first kappa shape index (κ1) is 18.2. The van der Waals surface area contributed by atoms with Crippen molar-refractivity contribution in [2.75, 3.05) is 33.3 Å². The highest BCUT2D eigenvalue weighted by atomic mass is 32.2. The largest absolute Gasteiger partial charge is 0.495 e. The van der Waals surface area contributed by atoms with E-state index in [0.717, 1.165) is 37.9 Å². The average molecular weight is 366 g/mol. The molecular formula is C18H26N2O4S. The topological polar surface area (TPSA) is 66.9 Å². The molecule has 138 valence electrons. The summed E-state index contributed by atoms with van der Waals surface area (Å²) in [6.07, 6.45) is 3.55. The van der Waals surface area contributed by atoms with E-state index in [2.05, 4.69) is 0 Å².